The van der Waals surface area contributed by atoms with Gasteiger partial charge in [-0.15, -0.1) is 0 Å². The summed E-state index contributed by atoms with van der Waals surface area (Å²) in [7, 11) is 2.44. The third-order valence-electron chi connectivity index (χ3n) is 20.3. The van der Waals surface area contributed by atoms with Crippen molar-refractivity contribution in [3.05, 3.63) is 63.6 Å². The van der Waals surface area contributed by atoms with Gasteiger partial charge in [0, 0.05) is 91.0 Å². The van der Waals surface area contributed by atoms with Crippen molar-refractivity contribution in [2.75, 3.05) is 54.9 Å². The summed E-state index contributed by atoms with van der Waals surface area (Å²) in [6, 6.07) is 11.4. The minimum absolute atomic E-state index is 0. The molecule has 2 saturated carbocycles. The fourth-order valence-electron chi connectivity index (χ4n) is 12.0. The van der Waals surface area contributed by atoms with Gasteiger partial charge >= 0.3 is 84.7 Å². The molecule has 0 radical (unpaired) electrons. The molecular weight excluding hydrogens is 1510 g/mol. The molecule has 0 unspecified atom stereocenters. The van der Waals surface area contributed by atoms with Crippen LogP contribution in [0.4, 0.5) is 18.4 Å². The van der Waals surface area contributed by atoms with Gasteiger partial charge in [0.15, 0.2) is 10.3 Å². The van der Waals surface area contributed by atoms with E-state index >= 15 is 8.78 Å². The Kier molecular flexibility index (Phi) is 29.7. The van der Waals surface area contributed by atoms with Crippen molar-refractivity contribution < 1.29 is 136 Å². The van der Waals surface area contributed by atoms with Crippen LogP contribution in [0.15, 0.2) is 50.9 Å². The van der Waals surface area contributed by atoms with E-state index in [4.69, 9.17) is 66.8 Å². The largest absolute Gasteiger partial charge is 1.00 e. The fraction of sp³-hybridized carbons (Fsp3) is 0.736. The number of nitrogens with zero attached hydrogens (tertiary/aromatic N) is 6. The quantitative estimate of drug-likeness (QED) is 0.0862. The summed E-state index contributed by atoms with van der Waals surface area (Å²) < 4.78 is 90.0. The first kappa shape index (κ1) is 93.3. The molecule has 5 aliphatic heterocycles. The maximum atomic E-state index is 16.0. The number of hydrogen-bond acceptors (Lipinski definition) is 20. The molecule has 6 atom stereocenters. The van der Waals surface area contributed by atoms with E-state index in [9.17, 15) is 19.2 Å². The molecule has 105 heavy (non-hydrogen) atoms. The molecule has 33 heteroatoms. The number of benzene rings is 2. The molecule has 582 valence electrons. The number of halogens is 3. The van der Waals surface area contributed by atoms with Crippen LogP contribution < -0.4 is 62.0 Å². The van der Waals surface area contributed by atoms with Gasteiger partial charge < -0.3 is 66.6 Å². The predicted molar refractivity (Wildman–Crippen MR) is 417 cm³/mol. The Balaban J connectivity index is 0.000000295. The molecule has 3 saturated heterocycles. The van der Waals surface area contributed by atoms with Gasteiger partial charge in [0.05, 0.1) is 44.7 Å². The maximum absolute atomic E-state index is 16.0. The smallest absolute Gasteiger partial charge is 0.550 e. The minimum atomic E-state index is -1.39. The molecule has 0 bridgehead atoms. The number of hydrogen-bond donors (Lipinski definition) is 0. The van der Waals surface area contributed by atoms with Gasteiger partial charge in [-0.25, -0.2) is 28.2 Å². The number of rotatable bonds is 16. The molecule has 5 heterocycles. The Labute approximate surface area is 687 Å². The summed E-state index contributed by atoms with van der Waals surface area (Å²) in [5, 5.41) is 9.46. The van der Waals surface area contributed by atoms with Crippen LogP contribution in [0.3, 0.4) is 0 Å². The van der Waals surface area contributed by atoms with E-state index in [1.165, 1.54) is 45.5 Å². The van der Waals surface area contributed by atoms with Crippen molar-refractivity contribution in [2.24, 2.45) is 21.8 Å². The Bertz CT molecular complexity index is 3490. The van der Waals surface area contributed by atoms with Crippen molar-refractivity contribution in [2.45, 2.75) is 275 Å². The summed E-state index contributed by atoms with van der Waals surface area (Å²) in [5.41, 5.74) is -5.02. The Morgan fingerprint density at radius 2 is 0.867 bits per heavy atom. The first-order valence-electron chi connectivity index (χ1n) is 35.6. The van der Waals surface area contributed by atoms with Gasteiger partial charge in [-0.2, -0.15) is 0 Å². The first-order chi connectivity index (χ1) is 46.9. The van der Waals surface area contributed by atoms with E-state index in [0.717, 1.165) is 19.0 Å². The van der Waals surface area contributed by atoms with Crippen molar-refractivity contribution in [1.82, 2.24) is 19.6 Å². The van der Waals surface area contributed by atoms with Crippen LogP contribution in [0.5, 0.6) is 0 Å². The van der Waals surface area contributed by atoms with Gasteiger partial charge in [-0.1, -0.05) is 90.9 Å². The van der Waals surface area contributed by atoms with Crippen LogP contribution in [-0.2, 0) is 72.3 Å². The topological polar surface area (TPSA) is 238 Å². The van der Waals surface area contributed by atoms with Crippen LogP contribution in [0.25, 0.3) is 0 Å². The average Bonchev–Trinajstić information content (AvgIpc) is 1.52. The molecule has 9 rings (SSSR count). The third-order valence-corrected chi connectivity index (χ3v) is 27.2. The minimum Gasteiger partial charge on any atom is -0.550 e. The summed E-state index contributed by atoms with van der Waals surface area (Å²) in [5.74, 6) is -2.69. The zero-order valence-electron chi connectivity index (χ0n) is 68.7. The molecule has 2 aliphatic carbocycles. The summed E-state index contributed by atoms with van der Waals surface area (Å²) >= 11 is 5.95. The van der Waals surface area contributed by atoms with E-state index in [2.05, 4.69) is 55.2 Å². The zero-order chi connectivity index (χ0) is 79.5. The van der Waals surface area contributed by atoms with E-state index in [0.29, 0.717) is 52.3 Å². The average molecular weight is 1630 g/mol. The van der Waals surface area contributed by atoms with E-state index in [-0.39, 0.29) is 116 Å². The van der Waals surface area contributed by atoms with Crippen LogP contribution in [0.2, 0.25) is 51.4 Å². The second-order valence-corrected chi connectivity index (χ2v) is 50.9. The van der Waals surface area contributed by atoms with Crippen molar-refractivity contribution in [3.8, 4) is 0 Å². The standard InChI is InChI=1S/C32H51BFN3O6SSi.C26H39BrFN3O4SSi.C12H24B2O4.C2H4O2.K/c1-28(2,3)41-27(39)37(20-40-16-17-45(11,12)13)26-35-31(8,24-19-32(24,44-26)25(38)36(9)10)22-18-21(14-15-23(22)34)33-42-29(4,5)30(6,7)43-33;1-24(2,3)35-23(33)31(16-34-12-13-37(7,8)9)22-29-25(4,18-14-17(27)10-11-19(18)28)20-15-26(20,36-22)21(32)30(5)6;1-9(2)10(3,4)16-13(15-9)14-17-11(5,6)12(7,8)18-14;1-2(3)4;/h14-15,18,24H,16-17,19-20H2,1-13H3;10-11,14,20H,12-13,15-16H2,1-9H3;1-8H3;1H3,(H,3,4);/q;;;;+1/p-1/t24-,31+,32-;20-,25+,26-;;;/m00.../s1. The van der Waals surface area contributed by atoms with Crippen molar-refractivity contribution >= 4 is 123 Å². The first-order valence-corrected chi connectivity index (χ1v) is 45.4. The monoisotopic (exact) mass is 1630 g/mol. The number of ether oxygens (including phenoxy) is 4. The van der Waals surface area contributed by atoms with Gasteiger partial charge in [0.1, 0.15) is 45.8 Å². The number of aliphatic carboxylic acids is 1. The van der Waals surface area contributed by atoms with Gasteiger partial charge in [-0.3, -0.25) is 19.6 Å². The molecule has 0 spiro atoms. The number of carboxylic acid groups (broad SMARTS) is 1. The van der Waals surface area contributed by atoms with Crippen molar-refractivity contribution in [3.63, 3.8) is 0 Å². The van der Waals surface area contributed by atoms with Gasteiger partial charge in [0.2, 0.25) is 11.8 Å². The number of amidine groups is 2. The molecule has 5 fully saturated rings. The number of amides is 4. The van der Waals surface area contributed by atoms with Crippen LogP contribution in [0, 0.1) is 23.5 Å². The molecule has 4 amide bonds. The zero-order valence-corrected chi connectivity index (χ0v) is 77.0. The Morgan fingerprint density at radius 3 is 1.17 bits per heavy atom. The fourth-order valence-corrected chi connectivity index (χ4v) is 17.3. The molecule has 7 aliphatic rings. The molecule has 2 aromatic carbocycles. The molecule has 0 aromatic heterocycles. The third kappa shape index (κ3) is 22.4. The number of aliphatic imine (C=N–C) groups is 2. The number of thioether (sulfide) groups is 2. The normalized spacial score (nSPS) is 26.2. The molecule has 2 aromatic rings. The van der Waals surface area contributed by atoms with Gasteiger partial charge in [-0.05, 0) is 200 Å². The summed E-state index contributed by atoms with van der Waals surface area (Å²) in [6.45, 7) is 53.8. The van der Waals surface area contributed by atoms with Crippen LogP contribution >= 0.6 is 39.5 Å². The molecular formula is C72H117B3BrF2KN6O16S2Si2. The van der Waals surface area contributed by atoms with Crippen LogP contribution in [0.1, 0.15) is 169 Å². The van der Waals surface area contributed by atoms with Gasteiger partial charge in [0.25, 0.3) is 0 Å². The van der Waals surface area contributed by atoms with E-state index < -0.39 is 110 Å². The van der Waals surface area contributed by atoms with Crippen LogP contribution in [-0.4, -0.2) is 206 Å². The Morgan fingerprint density at radius 1 is 0.562 bits per heavy atom. The predicted octanol–water partition coefficient (Wildman–Crippen LogP) is 10.2. The SMILES string of the molecule is CC(=O)[O-].CC1(C)OB(B2OC(C)(C)C(C)(C)O2)OC1(C)C.CN(C)C(=O)[C@]12C[C@H]1[C@@](C)(c1cc(B3OC(C)(C)C(C)(C)O3)ccc1F)N=C(N(COCC[Si](C)(C)C)C(=O)OC(C)(C)C)S2.CN(C)C(=O)[C@]12C[C@H]1[C@@](C)(c1cc(Br)ccc1F)N=C(N(COCC[Si](C)(C)C)C(=O)OC(C)(C)C)S2.[K+]. The molecule has 22 nitrogen and oxygen atoms in total. The second kappa shape index (κ2) is 33.4. The molecule has 0 N–H and O–H groups in total. The number of carboxylic acids is 1. The Hall–Kier alpha value is -2.29. The number of carbonyl (C=O) groups excluding carboxylic acids is 5. The van der Waals surface area contributed by atoms with Crippen molar-refractivity contribution in [1.29, 1.82) is 0 Å². The second-order valence-electron chi connectivity index (χ2n) is 36.2. The van der Waals surface area contributed by atoms with E-state index in [1.807, 2.05) is 96.9 Å². The number of carbonyl (C=O) groups is 5. The number of fused-ring (bicyclic) bond motifs is 2. The summed E-state index contributed by atoms with van der Waals surface area (Å²) in [6.07, 6.45) is -0.266. The maximum Gasteiger partial charge on any atom is 1.00 e. The summed E-state index contributed by atoms with van der Waals surface area (Å²) in [4.78, 5) is 79.1. The van der Waals surface area contributed by atoms with E-state index in [1.54, 1.807) is 104 Å².